The fourth-order valence-corrected chi connectivity index (χ4v) is 6.01. The SMILES string of the molecule is O=C1c2c(O)c(=O)ccn2N(C2c3ccccc3CSc3cc(Br)ccc32)CN1CC(F)(F)F. The zero-order chi connectivity index (χ0) is 24.2. The van der Waals surface area contributed by atoms with Gasteiger partial charge in [-0.05, 0) is 28.8 Å². The molecule has 0 fully saturated rings. The molecule has 0 radical (unpaired) electrons. The predicted octanol–water partition coefficient (Wildman–Crippen LogP) is 4.63. The topological polar surface area (TPSA) is 65.8 Å². The number of benzene rings is 2. The van der Waals surface area contributed by atoms with E-state index in [0.29, 0.717) is 10.7 Å². The molecule has 1 N–H and O–H groups in total. The molecule has 3 heterocycles. The zero-order valence-corrected chi connectivity index (χ0v) is 19.8. The highest BCUT2D eigenvalue weighted by molar-refractivity contribution is 9.10. The van der Waals surface area contributed by atoms with Crippen LogP contribution in [-0.2, 0) is 5.75 Å². The number of hydrogen-bond donors (Lipinski definition) is 1. The summed E-state index contributed by atoms with van der Waals surface area (Å²) in [5.41, 5.74) is 1.37. The van der Waals surface area contributed by atoms with Crippen LogP contribution in [0.1, 0.15) is 33.2 Å². The summed E-state index contributed by atoms with van der Waals surface area (Å²) in [4.78, 5) is 26.6. The van der Waals surface area contributed by atoms with E-state index in [1.54, 1.807) is 16.8 Å². The smallest absolute Gasteiger partial charge is 0.406 e. The fourth-order valence-electron chi connectivity index (χ4n) is 4.37. The first-order chi connectivity index (χ1) is 16.1. The number of fused-ring (bicyclic) bond motifs is 3. The molecule has 2 aromatic carbocycles. The third-order valence-electron chi connectivity index (χ3n) is 5.81. The second-order valence-electron chi connectivity index (χ2n) is 7.99. The van der Waals surface area contributed by atoms with Crippen molar-refractivity contribution in [2.24, 2.45) is 0 Å². The molecule has 1 unspecified atom stereocenters. The average molecular weight is 552 g/mol. The third-order valence-corrected chi connectivity index (χ3v) is 7.42. The van der Waals surface area contributed by atoms with Crippen molar-refractivity contribution in [1.82, 2.24) is 9.58 Å². The lowest BCUT2D eigenvalue weighted by Gasteiger charge is -2.44. The number of halogens is 4. The second-order valence-corrected chi connectivity index (χ2v) is 9.93. The van der Waals surface area contributed by atoms with E-state index in [0.717, 1.165) is 32.1 Å². The van der Waals surface area contributed by atoms with Crippen LogP contribution in [0.15, 0.2) is 68.9 Å². The van der Waals surface area contributed by atoms with Gasteiger partial charge < -0.3 is 10.0 Å². The summed E-state index contributed by atoms with van der Waals surface area (Å²) in [5.74, 6) is -1.29. The lowest BCUT2D eigenvalue weighted by Crippen LogP contribution is -2.57. The molecule has 11 heteroatoms. The van der Waals surface area contributed by atoms with Crippen LogP contribution in [0, 0.1) is 0 Å². The monoisotopic (exact) mass is 551 g/mol. The average Bonchev–Trinajstić information content (AvgIpc) is 2.93. The van der Waals surface area contributed by atoms with Gasteiger partial charge in [0.15, 0.2) is 11.4 Å². The van der Waals surface area contributed by atoms with E-state index in [9.17, 15) is 27.9 Å². The van der Waals surface area contributed by atoms with Crippen molar-refractivity contribution < 1.29 is 23.1 Å². The number of nitrogens with zero attached hydrogens (tertiary/aromatic N) is 3. The lowest BCUT2D eigenvalue weighted by atomic mass is 9.94. The summed E-state index contributed by atoms with van der Waals surface area (Å²) in [5, 5.41) is 12.0. The molecule has 0 bridgehead atoms. The molecule has 3 aromatic rings. The van der Waals surface area contributed by atoms with Gasteiger partial charge >= 0.3 is 6.18 Å². The molecular formula is C23H17BrF3N3O3S. The van der Waals surface area contributed by atoms with E-state index in [4.69, 9.17) is 0 Å². The number of amides is 1. The molecule has 5 rings (SSSR count). The molecular weight excluding hydrogens is 535 g/mol. The van der Waals surface area contributed by atoms with E-state index >= 15 is 0 Å². The Morgan fingerprint density at radius 1 is 1.09 bits per heavy atom. The highest BCUT2D eigenvalue weighted by atomic mass is 79.9. The Labute approximate surface area is 204 Å². The van der Waals surface area contributed by atoms with Gasteiger partial charge in [0.1, 0.15) is 13.2 Å². The Morgan fingerprint density at radius 2 is 1.85 bits per heavy atom. The van der Waals surface area contributed by atoms with Gasteiger partial charge in [-0.25, -0.2) is 0 Å². The number of carbonyl (C=O) groups is 1. The van der Waals surface area contributed by atoms with Gasteiger partial charge in [-0.2, -0.15) is 13.2 Å². The van der Waals surface area contributed by atoms with Crippen molar-refractivity contribution in [1.29, 1.82) is 0 Å². The summed E-state index contributed by atoms with van der Waals surface area (Å²) >= 11 is 5.09. The number of thioether (sulfide) groups is 1. The molecule has 0 saturated carbocycles. The highest BCUT2D eigenvalue weighted by Crippen LogP contribution is 2.43. The highest BCUT2D eigenvalue weighted by Gasteiger charge is 2.42. The Bertz CT molecular complexity index is 1360. The van der Waals surface area contributed by atoms with Crippen LogP contribution in [-0.4, -0.2) is 40.0 Å². The standard InChI is InChI=1S/C23H17BrF3N3O3S/c24-14-5-6-16-18(9-14)34-10-13-3-1-2-4-15(13)19(16)30-12-28(11-23(25,26)27)22(33)20-21(32)17(31)7-8-29(20)30/h1-9,19,32H,10-12H2. The number of aromatic hydroxyl groups is 1. The molecule has 2 aliphatic rings. The van der Waals surface area contributed by atoms with Gasteiger partial charge in [0.05, 0.1) is 6.04 Å². The number of carbonyl (C=O) groups excluding carboxylic acids is 1. The van der Waals surface area contributed by atoms with Crippen LogP contribution in [0.4, 0.5) is 13.2 Å². The predicted molar refractivity (Wildman–Crippen MR) is 125 cm³/mol. The van der Waals surface area contributed by atoms with Crippen molar-refractivity contribution in [3.63, 3.8) is 0 Å². The Balaban J connectivity index is 1.76. The first kappa shape index (κ1) is 22.9. The van der Waals surface area contributed by atoms with Crippen LogP contribution in [0.2, 0.25) is 0 Å². The van der Waals surface area contributed by atoms with Crippen molar-refractivity contribution in [3.8, 4) is 5.75 Å². The van der Waals surface area contributed by atoms with Crippen molar-refractivity contribution in [2.45, 2.75) is 22.9 Å². The van der Waals surface area contributed by atoms with Crippen molar-refractivity contribution in [3.05, 3.63) is 91.8 Å². The summed E-state index contributed by atoms with van der Waals surface area (Å²) < 4.78 is 42.3. The van der Waals surface area contributed by atoms with E-state index in [1.807, 2.05) is 42.5 Å². The van der Waals surface area contributed by atoms with Crippen LogP contribution in [0.3, 0.4) is 0 Å². The molecule has 1 aromatic heterocycles. The van der Waals surface area contributed by atoms with Gasteiger partial charge in [-0.1, -0.05) is 46.3 Å². The fraction of sp³-hybridized carbons (Fsp3) is 0.217. The zero-order valence-electron chi connectivity index (χ0n) is 17.4. The minimum Gasteiger partial charge on any atom is -0.502 e. The Morgan fingerprint density at radius 3 is 2.62 bits per heavy atom. The molecule has 6 nitrogen and oxygen atoms in total. The van der Waals surface area contributed by atoms with Gasteiger partial charge in [-0.3, -0.25) is 19.3 Å². The maximum absolute atomic E-state index is 13.4. The van der Waals surface area contributed by atoms with E-state index in [-0.39, 0.29) is 0 Å². The Kier molecular flexibility index (Phi) is 5.64. The van der Waals surface area contributed by atoms with E-state index < -0.39 is 48.2 Å². The minimum absolute atomic E-state index is 0.396. The third kappa shape index (κ3) is 3.96. The molecule has 176 valence electrons. The summed E-state index contributed by atoms with van der Waals surface area (Å²) in [6, 6.07) is 13.8. The molecule has 0 spiro atoms. The minimum atomic E-state index is -4.66. The van der Waals surface area contributed by atoms with Gasteiger partial charge in [0, 0.05) is 27.4 Å². The van der Waals surface area contributed by atoms with E-state index in [2.05, 4.69) is 15.9 Å². The van der Waals surface area contributed by atoms with Gasteiger partial charge in [0.25, 0.3) is 5.91 Å². The molecule has 1 atom stereocenters. The van der Waals surface area contributed by atoms with Crippen LogP contribution in [0.25, 0.3) is 0 Å². The van der Waals surface area contributed by atoms with Crippen molar-refractivity contribution >= 4 is 33.6 Å². The number of rotatable bonds is 2. The lowest BCUT2D eigenvalue weighted by molar-refractivity contribution is -0.141. The summed E-state index contributed by atoms with van der Waals surface area (Å²) in [7, 11) is 0. The molecule has 0 aliphatic carbocycles. The molecule has 34 heavy (non-hydrogen) atoms. The van der Waals surface area contributed by atoms with E-state index in [1.165, 1.54) is 10.9 Å². The maximum Gasteiger partial charge on any atom is 0.406 e. The molecule has 2 aliphatic heterocycles. The van der Waals surface area contributed by atoms with Crippen LogP contribution < -0.4 is 10.4 Å². The van der Waals surface area contributed by atoms with Crippen molar-refractivity contribution in [2.75, 3.05) is 18.2 Å². The number of alkyl halides is 3. The largest absolute Gasteiger partial charge is 0.502 e. The van der Waals surface area contributed by atoms with Crippen LogP contribution in [0.5, 0.6) is 5.75 Å². The molecule has 0 saturated heterocycles. The summed E-state index contributed by atoms with van der Waals surface area (Å²) in [6.45, 7) is -1.91. The quantitative estimate of drug-likeness (QED) is 0.503. The first-order valence-corrected chi connectivity index (χ1v) is 12.0. The molecule has 1 amide bonds. The number of aromatic nitrogens is 1. The second kappa shape index (κ2) is 8.38. The van der Waals surface area contributed by atoms with Gasteiger partial charge in [-0.15, -0.1) is 11.8 Å². The maximum atomic E-state index is 13.4. The van der Waals surface area contributed by atoms with Crippen LogP contribution >= 0.6 is 27.7 Å². The number of hydrogen-bond acceptors (Lipinski definition) is 5. The first-order valence-electron chi connectivity index (χ1n) is 10.2. The Hall–Kier alpha value is -2.92. The summed E-state index contributed by atoms with van der Waals surface area (Å²) in [6.07, 6.45) is -3.34. The number of pyridine rings is 1. The normalized spacial score (nSPS) is 17.6. The van der Waals surface area contributed by atoms with Gasteiger partial charge in [0.2, 0.25) is 5.43 Å².